The lowest BCUT2D eigenvalue weighted by molar-refractivity contribution is 0.0691. The molecule has 1 heterocycles. The maximum atomic E-state index is 10.9. The van der Waals surface area contributed by atoms with Crippen molar-refractivity contribution >= 4 is 44.4 Å². The molecule has 0 aliphatic carbocycles. The van der Waals surface area contributed by atoms with Crippen LogP contribution in [0, 0.1) is 0 Å². The molecule has 21 heavy (non-hydrogen) atoms. The number of hydrogen-bond acceptors (Lipinski definition) is 2. The van der Waals surface area contributed by atoms with Gasteiger partial charge in [0.25, 0.3) is 0 Å². The molecule has 0 saturated heterocycles. The van der Waals surface area contributed by atoms with E-state index in [2.05, 4.69) is 20.9 Å². The highest BCUT2D eigenvalue weighted by Gasteiger charge is 2.10. The van der Waals surface area contributed by atoms with Crippen molar-refractivity contribution in [2.45, 2.75) is 0 Å². The molecule has 6 heteroatoms. The zero-order chi connectivity index (χ0) is 15.0. The summed E-state index contributed by atoms with van der Waals surface area (Å²) in [6, 6.07) is 12.2. The van der Waals surface area contributed by atoms with Gasteiger partial charge < -0.3 is 14.8 Å². The van der Waals surface area contributed by atoms with Gasteiger partial charge in [-0.2, -0.15) is 0 Å². The second-order valence-electron chi connectivity index (χ2n) is 4.39. The molecule has 4 nitrogen and oxygen atoms in total. The Bertz CT molecular complexity index is 844. The predicted molar refractivity (Wildman–Crippen MR) is 84.5 cm³/mol. The number of aromatic nitrogens is 1. The van der Waals surface area contributed by atoms with Crippen LogP contribution in [0.5, 0.6) is 11.5 Å². The topological polar surface area (TPSA) is 62.3 Å². The molecule has 0 aliphatic heterocycles. The Kier molecular flexibility index (Phi) is 3.61. The fourth-order valence-corrected chi connectivity index (χ4v) is 2.49. The van der Waals surface area contributed by atoms with E-state index in [1.165, 1.54) is 0 Å². The summed E-state index contributed by atoms with van der Waals surface area (Å²) in [6.07, 6.45) is 0. The van der Waals surface area contributed by atoms with E-state index in [1.54, 1.807) is 42.5 Å². The summed E-state index contributed by atoms with van der Waals surface area (Å²) in [7, 11) is 0. The normalized spacial score (nSPS) is 10.8. The largest absolute Gasteiger partial charge is 0.477 e. The summed E-state index contributed by atoms with van der Waals surface area (Å²) >= 11 is 9.39. The lowest BCUT2D eigenvalue weighted by Crippen LogP contribution is -1.94. The number of aromatic amines is 1. The first-order valence-corrected chi connectivity index (χ1v) is 7.19. The van der Waals surface area contributed by atoms with Gasteiger partial charge >= 0.3 is 5.97 Å². The Morgan fingerprint density at radius 2 is 2.05 bits per heavy atom. The first-order chi connectivity index (χ1) is 10.0. The quantitative estimate of drug-likeness (QED) is 0.680. The monoisotopic (exact) mass is 365 g/mol. The molecule has 3 rings (SSSR count). The highest BCUT2D eigenvalue weighted by molar-refractivity contribution is 9.10. The first-order valence-electron chi connectivity index (χ1n) is 6.02. The van der Waals surface area contributed by atoms with E-state index in [0.717, 1.165) is 10.9 Å². The molecule has 0 atom stereocenters. The average Bonchev–Trinajstić information content (AvgIpc) is 2.87. The van der Waals surface area contributed by atoms with Gasteiger partial charge in [-0.25, -0.2) is 4.79 Å². The van der Waals surface area contributed by atoms with Gasteiger partial charge in [0.2, 0.25) is 0 Å². The summed E-state index contributed by atoms with van der Waals surface area (Å²) in [6.45, 7) is 0. The summed E-state index contributed by atoms with van der Waals surface area (Å²) in [5.74, 6) is 0.198. The van der Waals surface area contributed by atoms with Crippen molar-refractivity contribution in [3.63, 3.8) is 0 Å². The van der Waals surface area contributed by atoms with Crippen molar-refractivity contribution in [1.29, 1.82) is 0 Å². The molecule has 0 aliphatic rings. The Morgan fingerprint density at radius 1 is 1.24 bits per heavy atom. The highest BCUT2D eigenvalue weighted by atomic mass is 79.9. The molecule has 0 spiro atoms. The summed E-state index contributed by atoms with van der Waals surface area (Å²) in [4.78, 5) is 13.8. The van der Waals surface area contributed by atoms with Gasteiger partial charge in [-0.05, 0) is 52.3 Å². The zero-order valence-electron chi connectivity index (χ0n) is 10.6. The van der Waals surface area contributed by atoms with Crippen molar-refractivity contribution in [3.05, 3.63) is 57.7 Å². The molecule has 3 aromatic rings. The average molecular weight is 367 g/mol. The predicted octanol–water partition coefficient (Wildman–Crippen LogP) is 5.07. The smallest absolute Gasteiger partial charge is 0.352 e. The van der Waals surface area contributed by atoms with Crippen LogP contribution in [0.3, 0.4) is 0 Å². The van der Waals surface area contributed by atoms with E-state index in [-0.39, 0.29) is 5.69 Å². The van der Waals surface area contributed by atoms with Crippen LogP contribution in [0.15, 0.2) is 46.9 Å². The van der Waals surface area contributed by atoms with Gasteiger partial charge in [-0.1, -0.05) is 17.7 Å². The number of carbonyl (C=O) groups is 1. The van der Waals surface area contributed by atoms with Gasteiger partial charge in [0.1, 0.15) is 17.2 Å². The number of benzene rings is 2. The minimum Gasteiger partial charge on any atom is -0.477 e. The fourth-order valence-electron chi connectivity index (χ4n) is 1.98. The van der Waals surface area contributed by atoms with E-state index in [0.29, 0.717) is 21.0 Å². The number of carboxylic acid groups (broad SMARTS) is 1. The highest BCUT2D eigenvalue weighted by Crippen LogP contribution is 2.35. The Hall–Kier alpha value is -1.98. The van der Waals surface area contributed by atoms with Crippen LogP contribution in [-0.4, -0.2) is 16.1 Å². The van der Waals surface area contributed by atoms with Crippen LogP contribution in [0.4, 0.5) is 0 Å². The SMILES string of the molecule is O=C(O)c1cc2cc(Oc3cccc(Cl)c3Br)ccc2[nH]1. The number of H-pyrrole nitrogens is 1. The number of ether oxygens (including phenoxy) is 1. The van der Waals surface area contributed by atoms with E-state index in [1.807, 2.05) is 0 Å². The van der Waals surface area contributed by atoms with E-state index < -0.39 is 5.97 Å². The van der Waals surface area contributed by atoms with Crippen molar-refractivity contribution in [2.24, 2.45) is 0 Å². The van der Waals surface area contributed by atoms with Gasteiger partial charge in [0.15, 0.2) is 0 Å². The number of halogens is 2. The lowest BCUT2D eigenvalue weighted by Gasteiger charge is -2.08. The Morgan fingerprint density at radius 3 is 2.81 bits per heavy atom. The van der Waals surface area contributed by atoms with E-state index >= 15 is 0 Å². The molecule has 0 amide bonds. The minimum absolute atomic E-state index is 0.145. The molecule has 0 saturated carbocycles. The molecule has 2 aromatic carbocycles. The minimum atomic E-state index is -0.994. The van der Waals surface area contributed by atoms with E-state index in [4.69, 9.17) is 21.4 Å². The van der Waals surface area contributed by atoms with Crippen LogP contribution in [0.25, 0.3) is 10.9 Å². The summed E-state index contributed by atoms with van der Waals surface area (Å²) in [5, 5.41) is 10.3. The number of carboxylic acids is 1. The Balaban J connectivity index is 1.97. The maximum Gasteiger partial charge on any atom is 0.352 e. The summed E-state index contributed by atoms with van der Waals surface area (Å²) < 4.78 is 6.45. The first kappa shape index (κ1) is 14.0. The molecule has 0 unspecified atom stereocenters. The third kappa shape index (κ3) is 2.75. The third-order valence-electron chi connectivity index (χ3n) is 2.97. The fraction of sp³-hybridized carbons (Fsp3) is 0. The van der Waals surface area contributed by atoms with Gasteiger partial charge in [0.05, 0.1) is 9.50 Å². The van der Waals surface area contributed by atoms with E-state index in [9.17, 15) is 4.79 Å². The van der Waals surface area contributed by atoms with Crippen LogP contribution in [0.2, 0.25) is 5.02 Å². The molecule has 0 fully saturated rings. The second-order valence-corrected chi connectivity index (χ2v) is 5.59. The van der Waals surface area contributed by atoms with Crippen LogP contribution < -0.4 is 4.74 Å². The molecule has 0 bridgehead atoms. The number of aromatic carboxylic acids is 1. The maximum absolute atomic E-state index is 10.9. The molecule has 0 radical (unpaired) electrons. The van der Waals surface area contributed by atoms with Crippen molar-refractivity contribution < 1.29 is 14.6 Å². The summed E-state index contributed by atoms with van der Waals surface area (Å²) in [5.41, 5.74) is 0.885. The zero-order valence-corrected chi connectivity index (χ0v) is 12.9. The van der Waals surface area contributed by atoms with Gasteiger partial charge in [-0.3, -0.25) is 0 Å². The van der Waals surface area contributed by atoms with Crippen LogP contribution in [0.1, 0.15) is 10.5 Å². The van der Waals surface area contributed by atoms with Gasteiger partial charge in [0, 0.05) is 10.9 Å². The van der Waals surface area contributed by atoms with Crippen LogP contribution in [-0.2, 0) is 0 Å². The molecular weight excluding hydrogens is 358 g/mol. The Labute approximate surface area is 133 Å². The molecular formula is C15H9BrClNO3. The molecule has 2 N–H and O–H groups in total. The molecule has 106 valence electrons. The number of hydrogen-bond donors (Lipinski definition) is 2. The van der Waals surface area contributed by atoms with Crippen molar-refractivity contribution in [2.75, 3.05) is 0 Å². The van der Waals surface area contributed by atoms with Crippen molar-refractivity contribution in [3.8, 4) is 11.5 Å². The number of rotatable bonds is 3. The third-order valence-corrected chi connectivity index (χ3v) is 4.33. The van der Waals surface area contributed by atoms with Gasteiger partial charge in [-0.15, -0.1) is 0 Å². The second kappa shape index (κ2) is 5.42. The standard InChI is InChI=1S/C15H9BrClNO3/c16-14-10(17)2-1-3-13(14)21-9-4-5-11-8(6-9)7-12(18-11)15(19)20/h1-7,18H,(H,19,20). The van der Waals surface area contributed by atoms with Crippen molar-refractivity contribution in [1.82, 2.24) is 4.98 Å². The van der Waals surface area contributed by atoms with Crippen LogP contribution >= 0.6 is 27.5 Å². The number of nitrogens with one attached hydrogen (secondary N) is 1. The number of fused-ring (bicyclic) bond motifs is 1. The molecule has 1 aromatic heterocycles. The lowest BCUT2D eigenvalue weighted by atomic mass is 10.2.